The van der Waals surface area contributed by atoms with Crippen molar-refractivity contribution in [2.24, 2.45) is 5.92 Å². The Balaban J connectivity index is 2.30. The lowest BCUT2D eigenvalue weighted by molar-refractivity contribution is -0.134. The van der Waals surface area contributed by atoms with Gasteiger partial charge in [0.25, 0.3) is 0 Å². The summed E-state index contributed by atoms with van der Waals surface area (Å²) in [5.41, 5.74) is -0.319. The Morgan fingerprint density at radius 2 is 1.94 bits per heavy atom. The van der Waals surface area contributed by atoms with Gasteiger partial charge in [0.05, 0.1) is 5.54 Å². The van der Waals surface area contributed by atoms with Gasteiger partial charge in [0.2, 0.25) is 0 Å². The molecule has 4 nitrogen and oxygen atoms in total. The van der Waals surface area contributed by atoms with Crippen molar-refractivity contribution in [2.75, 3.05) is 21.1 Å². The highest BCUT2D eigenvalue weighted by atomic mass is 16.1. The van der Waals surface area contributed by atoms with Crippen LogP contribution >= 0.6 is 0 Å². The first-order valence-corrected chi connectivity index (χ1v) is 6.75. The molecule has 0 spiro atoms. The summed E-state index contributed by atoms with van der Waals surface area (Å²) in [7, 11) is 5.94. The van der Waals surface area contributed by atoms with E-state index < -0.39 is 0 Å². The molecule has 0 aromatic carbocycles. The molecule has 2 aliphatic rings. The molecule has 4 unspecified atom stereocenters. The number of Topliss-reactive ketones (excluding diaryl/α,β-unsaturated/α-hetero) is 1. The SMILES string of the molecule is CNC1CC2CCCC(=O)C2(NC)C(NC)C1. The Labute approximate surface area is 104 Å². The quantitative estimate of drug-likeness (QED) is 0.662. The van der Waals surface area contributed by atoms with E-state index >= 15 is 0 Å². The van der Waals surface area contributed by atoms with Crippen molar-refractivity contribution in [1.29, 1.82) is 0 Å². The van der Waals surface area contributed by atoms with Gasteiger partial charge in [0.1, 0.15) is 0 Å². The number of ketones is 1. The Morgan fingerprint density at radius 3 is 2.53 bits per heavy atom. The fourth-order valence-corrected chi connectivity index (χ4v) is 3.96. The van der Waals surface area contributed by atoms with E-state index in [1.807, 2.05) is 21.1 Å². The molecule has 0 heterocycles. The zero-order valence-electron chi connectivity index (χ0n) is 11.2. The zero-order chi connectivity index (χ0) is 12.5. The van der Waals surface area contributed by atoms with Gasteiger partial charge in [0.15, 0.2) is 5.78 Å². The number of rotatable bonds is 3. The number of hydrogen-bond acceptors (Lipinski definition) is 4. The van der Waals surface area contributed by atoms with Crippen LogP contribution in [-0.4, -0.2) is 44.5 Å². The number of carbonyl (C=O) groups is 1. The minimum atomic E-state index is -0.319. The number of fused-ring (bicyclic) bond motifs is 1. The molecular weight excluding hydrogens is 214 g/mol. The van der Waals surface area contributed by atoms with E-state index in [4.69, 9.17) is 0 Å². The van der Waals surface area contributed by atoms with Crippen LogP contribution in [0.5, 0.6) is 0 Å². The van der Waals surface area contributed by atoms with Gasteiger partial charge in [0, 0.05) is 18.5 Å². The Kier molecular flexibility index (Phi) is 3.85. The Bertz CT molecular complexity index is 284. The highest BCUT2D eigenvalue weighted by molar-refractivity contribution is 5.90. The van der Waals surface area contributed by atoms with Crippen molar-refractivity contribution in [2.45, 2.75) is 49.7 Å². The van der Waals surface area contributed by atoms with Gasteiger partial charge in [-0.1, -0.05) is 0 Å². The number of likely N-dealkylation sites (N-methyl/N-ethyl adjacent to an activating group) is 2. The molecule has 98 valence electrons. The van der Waals surface area contributed by atoms with Crippen molar-refractivity contribution >= 4 is 5.78 Å². The Morgan fingerprint density at radius 1 is 1.18 bits per heavy atom. The lowest BCUT2D eigenvalue weighted by Gasteiger charge is -2.53. The fraction of sp³-hybridized carbons (Fsp3) is 0.923. The summed E-state index contributed by atoms with van der Waals surface area (Å²) in [6, 6.07) is 0.779. The summed E-state index contributed by atoms with van der Waals surface area (Å²) in [6.45, 7) is 0. The number of hydrogen-bond donors (Lipinski definition) is 3. The van der Waals surface area contributed by atoms with Crippen LogP contribution in [0.4, 0.5) is 0 Å². The standard InChI is InChI=1S/C13H25N3O/c1-14-10-7-9-5-4-6-12(17)13(9,16-3)11(8-10)15-2/h9-11,14-16H,4-8H2,1-3H3. The van der Waals surface area contributed by atoms with E-state index in [-0.39, 0.29) is 11.6 Å². The molecule has 4 heteroatoms. The summed E-state index contributed by atoms with van der Waals surface area (Å²) in [5.74, 6) is 0.877. The predicted octanol–water partition coefficient (Wildman–Crippen LogP) is 0.284. The first-order chi connectivity index (χ1) is 8.18. The van der Waals surface area contributed by atoms with Crippen molar-refractivity contribution in [1.82, 2.24) is 16.0 Å². The van der Waals surface area contributed by atoms with Gasteiger partial charge in [-0.3, -0.25) is 4.79 Å². The van der Waals surface area contributed by atoms with Gasteiger partial charge in [-0.15, -0.1) is 0 Å². The second-order valence-electron chi connectivity index (χ2n) is 5.43. The summed E-state index contributed by atoms with van der Waals surface area (Å²) < 4.78 is 0. The molecule has 0 aliphatic heterocycles. The second-order valence-corrected chi connectivity index (χ2v) is 5.43. The van der Waals surface area contributed by atoms with Gasteiger partial charge >= 0.3 is 0 Å². The Hall–Kier alpha value is -0.450. The summed E-state index contributed by atoms with van der Waals surface area (Å²) in [4.78, 5) is 12.4. The topological polar surface area (TPSA) is 53.2 Å². The normalized spacial score (nSPS) is 42.3. The third kappa shape index (κ3) is 1.92. The molecule has 2 aliphatic carbocycles. The minimum absolute atomic E-state index is 0.247. The van der Waals surface area contributed by atoms with Crippen molar-refractivity contribution in [3.05, 3.63) is 0 Å². The second kappa shape index (κ2) is 5.04. The van der Waals surface area contributed by atoms with Crippen LogP contribution in [0, 0.1) is 5.92 Å². The average Bonchev–Trinajstić information content (AvgIpc) is 2.37. The summed E-state index contributed by atoms with van der Waals surface area (Å²) >= 11 is 0. The van der Waals surface area contributed by atoms with Crippen LogP contribution in [0.15, 0.2) is 0 Å². The number of carbonyl (C=O) groups excluding carboxylic acids is 1. The molecule has 0 amide bonds. The highest BCUT2D eigenvalue weighted by Gasteiger charge is 2.54. The molecule has 4 atom stereocenters. The van der Waals surface area contributed by atoms with Crippen LogP contribution in [0.3, 0.4) is 0 Å². The fourth-order valence-electron chi connectivity index (χ4n) is 3.96. The van der Waals surface area contributed by atoms with Crippen LogP contribution in [0.2, 0.25) is 0 Å². The van der Waals surface area contributed by atoms with Crippen LogP contribution in [-0.2, 0) is 4.79 Å². The third-order valence-corrected chi connectivity index (χ3v) is 4.87. The van der Waals surface area contributed by atoms with Gasteiger partial charge in [-0.25, -0.2) is 0 Å². The molecular formula is C13H25N3O. The molecule has 0 bridgehead atoms. The molecule has 0 radical (unpaired) electrons. The van der Waals surface area contributed by atoms with Crippen molar-refractivity contribution < 1.29 is 4.79 Å². The molecule has 0 aromatic rings. The summed E-state index contributed by atoms with van der Waals surface area (Å²) in [6.07, 6.45) is 5.10. The van der Waals surface area contributed by atoms with Gasteiger partial charge < -0.3 is 16.0 Å². The highest BCUT2D eigenvalue weighted by Crippen LogP contribution is 2.41. The lowest BCUT2D eigenvalue weighted by atomic mass is 9.60. The maximum Gasteiger partial charge on any atom is 0.154 e. The smallest absolute Gasteiger partial charge is 0.154 e. The van der Waals surface area contributed by atoms with Gasteiger partial charge in [-0.05, 0) is 52.7 Å². The lowest BCUT2D eigenvalue weighted by Crippen LogP contribution is -2.72. The molecule has 17 heavy (non-hydrogen) atoms. The van der Waals surface area contributed by atoms with Crippen LogP contribution < -0.4 is 16.0 Å². The van der Waals surface area contributed by atoms with E-state index in [2.05, 4.69) is 16.0 Å². The number of nitrogens with one attached hydrogen (secondary N) is 3. The first-order valence-electron chi connectivity index (χ1n) is 6.75. The van der Waals surface area contributed by atoms with E-state index in [0.717, 1.165) is 25.7 Å². The van der Waals surface area contributed by atoms with E-state index in [0.29, 0.717) is 17.7 Å². The maximum atomic E-state index is 12.4. The monoisotopic (exact) mass is 239 g/mol. The van der Waals surface area contributed by atoms with E-state index in [1.54, 1.807) is 0 Å². The summed E-state index contributed by atoms with van der Waals surface area (Å²) in [5, 5.41) is 10.1. The van der Waals surface area contributed by atoms with Crippen LogP contribution in [0.25, 0.3) is 0 Å². The predicted molar refractivity (Wildman–Crippen MR) is 69.1 cm³/mol. The molecule has 2 rings (SSSR count). The van der Waals surface area contributed by atoms with Crippen molar-refractivity contribution in [3.8, 4) is 0 Å². The maximum absolute atomic E-state index is 12.4. The van der Waals surface area contributed by atoms with Gasteiger partial charge in [-0.2, -0.15) is 0 Å². The van der Waals surface area contributed by atoms with Crippen LogP contribution in [0.1, 0.15) is 32.1 Å². The molecule has 0 aromatic heterocycles. The first kappa shape index (κ1) is 13.0. The third-order valence-electron chi connectivity index (χ3n) is 4.87. The van der Waals surface area contributed by atoms with E-state index in [1.165, 1.54) is 6.42 Å². The molecule has 0 saturated heterocycles. The minimum Gasteiger partial charge on any atom is -0.317 e. The van der Waals surface area contributed by atoms with Crippen molar-refractivity contribution in [3.63, 3.8) is 0 Å². The van der Waals surface area contributed by atoms with E-state index in [9.17, 15) is 4.79 Å². The average molecular weight is 239 g/mol. The molecule has 3 N–H and O–H groups in total. The zero-order valence-corrected chi connectivity index (χ0v) is 11.2. The largest absolute Gasteiger partial charge is 0.317 e. The molecule has 2 fully saturated rings. The molecule has 2 saturated carbocycles.